The molecule has 0 bridgehead atoms. The smallest absolute Gasteiger partial charge is 0.303 e. The van der Waals surface area contributed by atoms with Gasteiger partial charge in [-0.2, -0.15) is 5.10 Å². The number of ether oxygens (including phenoxy) is 1. The molecule has 6 heteroatoms. The topological polar surface area (TPSA) is 58.2 Å². The van der Waals surface area contributed by atoms with E-state index < -0.39 is 11.9 Å². The van der Waals surface area contributed by atoms with E-state index in [4.69, 9.17) is 22.8 Å². The van der Waals surface area contributed by atoms with E-state index in [-0.39, 0.29) is 0 Å². The number of carbonyl (C=O) groups excluding carboxylic acids is 1. The zero-order valence-corrected chi connectivity index (χ0v) is 14.8. The number of nitrogens with zero attached hydrogens (tertiary/aromatic N) is 2. The van der Waals surface area contributed by atoms with Gasteiger partial charge in [0.2, 0.25) is 0 Å². The van der Waals surface area contributed by atoms with E-state index in [0.717, 1.165) is 11.3 Å². The molecule has 130 valence electrons. The maximum atomic E-state index is 12.7. The van der Waals surface area contributed by atoms with Gasteiger partial charge in [-0.3, -0.25) is 14.8 Å². The normalized spacial score (nSPS) is 11.4. The number of anilines is 1. The van der Waals surface area contributed by atoms with Crippen LogP contribution in [0.3, 0.4) is 0 Å². The number of H-pyrrole nitrogens is 1. The van der Waals surface area contributed by atoms with Gasteiger partial charge in [0, 0.05) is 11.9 Å². The summed E-state index contributed by atoms with van der Waals surface area (Å²) in [5, 5.41) is 7.33. The number of benzene rings is 2. The molecule has 0 saturated carbocycles. The van der Waals surface area contributed by atoms with Crippen molar-refractivity contribution in [1.82, 2.24) is 10.2 Å². The van der Waals surface area contributed by atoms with Crippen LogP contribution in [0.1, 0.15) is 17.3 Å². The Labute approximate surface area is 156 Å². The average Bonchev–Trinajstić information content (AvgIpc) is 3.20. The summed E-state index contributed by atoms with van der Waals surface area (Å²) in [7, 11) is 1.53. The number of nitrogens with one attached hydrogen (secondary N) is 1. The molecule has 1 heterocycles. The summed E-state index contributed by atoms with van der Waals surface area (Å²) in [6.07, 6.45) is 7.08. The van der Waals surface area contributed by atoms with Crippen LogP contribution in [-0.4, -0.2) is 23.2 Å². The van der Waals surface area contributed by atoms with Crippen LogP contribution in [0.2, 0.25) is 5.02 Å². The quantitative estimate of drug-likeness (QED) is 0.699. The molecule has 3 rings (SSSR count). The van der Waals surface area contributed by atoms with Crippen LogP contribution >= 0.6 is 11.6 Å². The van der Waals surface area contributed by atoms with E-state index in [1.165, 1.54) is 12.0 Å². The van der Waals surface area contributed by atoms with Crippen LogP contribution in [0, 0.1) is 12.3 Å². The predicted octanol–water partition coefficient (Wildman–Crippen LogP) is 3.83. The molecule has 1 N–H and O–H groups in total. The minimum Gasteiger partial charge on any atom is -0.495 e. The van der Waals surface area contributed by atoms with E-state index in [9.17, 15) is 4.79 Å². The minimum atomic E-state index is -0.491. The number of aromatic amines is 1. The Morgan fingerprint density at radius 1 is 1.27 bits per heavy atom. The van der Waals surface area contributed by atoms with Crippen molar-refractivity contribution >= 4 is 23.2 Å². The molecule has 0 saturated heterocycles. The third-order valence-electron chi connectivity index (χ3n) is 3.95. The van der Waals surface area contributed by atoms with E-state index >= 15 is 0 Å². The molecule has 2 aromatic carbocycles. The summed E-state index contributed by atoms with van der Waals surface area (Å²) >= 11 is 6.26. The number of amides is 1. The first kappa shape index (κ1) is 17.6. The Kier molecular flexibility index (Phi) is 5.26. The number of carbonyl (C=O) groups is 1. The molecule has 0 aliphatic heterocycles. The number of halogens is 1. The zero-order chi connectivity index (χ0) is 18.5. The molecule has 5 nitrogen and oxygen atoms in total. The van der Waals surface area contributed by atoms with Crippen LogP contribution in [0.15, 0.2) is 60.8 Å². The van der Waals surface area contributed by atoms with Gasteiger partial charge in [0.05, 0.1) is 17.8 Å². The second-order valence-corrected chi connectivity index (χ2v) is 5.87. The van der Waals surface area contributed by atoms with Crippen molar-refractivity contribution in [2.75, 3.05) is 12.0 Å². The fourth-order valence-corrected chi connectivity index (χ4v) is 3.03. The summed E-state index contributed by atoms with van der Waals surface area (Å²) in [6, 6.07) is 16.0. The molecular weight excluding hydrogens is 350 g/mol. The van der Waals surface area contributed by atoms with Crippen molar-refractivity contribution in [3.8, 4) is 18.1 Å². The minimum absolute atomic E-state index is 0.385. The number of hydrogen-bond donors (Lipinski definition) is 1. The van der Waals surface area contributed by atoms with Crippen LogP contribution in [0.4, 0.5) is 5.69 Å². The first-order valence-corrected chi connectivity index (χ1v) is 8.21. The predicted molar refractivity (Wildman–Crippen MR) is 101 cm³/mol. The van der Waals surface area contributed by atoms with Gasteiger partial charge in [-0.05, 0) is 35.7 Å². The monoisotopic (exact) mass is 365 g/mol. The fourth-order valence-electron chi connectivity index (χ4n) is 2.78. The van der Waals surface area contributed by atoms with Crippen LogP contribution in [0.25, 0.3) is 0 Å². The molecule has 1 aromatic heterocycles. The summed E-state index contributed by atoms with van der Waals surface area (Å²) in [4.78, 5) is 14.2. The standard InChI is InChI=1S/C20H16ClN3O2/c1-3-19(25)24(15-9-10-18(26-2)16(21)13-15)20(17-11-12-22-23-17)14-7-5-4-6-8-14/h1,4-13,20H,2H3,(H,22,23). The molecule has 1 unspecified atom stereocenters. The number of terminal acetylenes is 1. The molecule has 1 amide bonds. The third kappa shape index (κ3) is 3.41. The molecule has 0 spiro atoms. The van der Waals surface area contributed by atoms with Gasteiger partial charge in [-0.25, -0.2) is 0 Å². The highest BCUT2D eigenvalue weighted by atomic mass is 35.5. The zero-order valence-electron chi connectivity index (χ0n) is 14.0. The Morgan fingerprint density at radius 3 is 2.62 bits per heavy atom. The van der Waals surface area contributed by atoms with E-state index in [1.807, 2.05) is 30.3 Å². The van der Waals surface area contributed by atoms with E-state index in [0.29, 0.717) is 16.5 Å². The van der Waals surface area contributed by atoms with Crippen molar-refractivity contribution in [3.05, 3.63) is 77.1 Å². The second-order valence-electron chi connectivity index (χ2n) is 5.46. The van der Waals surface area contributed by atoms with Crippen LogP contribution in [0.5, 0.6) is 5.75 Å². The van der Waals surface area contributed by atoms with Gasteiger partial charge in [-0.1, -0.05) is 41.9 Å². The van der Waals surface area contributed by atoms with Gasteiger partial charge in [0.15, 0.2) is 0 Å². The molecule has 3 aromatic rings. The Morgan fingerprint density at radius 2 is 2.04 bits per heavy atom. The number of aromatic nitrogens is 2. The molecule has 0 fully saturated rings. The highest BCUT2D eigenvalue weighted by Crippen LogP contribution is 2.36. The lowest BCUT2D eigenvalue weighted by molar-refractivity contribution is -0.113. The lowest BCUT2D eigenvalue weighted by Gasteiger charge is -2.30. The van der Waals surface area contributed by atoms with Crippen molar-refractivity contribution in [3.63, 3.8) is 0 Å². The average molecular weight is 366 g/mol. The summed E-state index contributed by atoms with van der Waals surface area (Å²) in [5.74, 6) is 2.23. The number of methoxy groups -OCH3 is 1. The van der Waals surface area contributed by atoms with Crippen molar-refractivity contribution in [2.45, 2.75) is 6.04 Å². The number of rotatable bonds is 5. The molecule has 0 aliphatic rings. The highest BCUT2D eigenvalue weighted by Gasteiger charge is 2.29. The maximum absolute atomic E-state index is 12.7. The van der Waals surface area contributed by atoms with E-state index in [1.54, 1.807) is 30.5 Å². The second kappa shape index (κ2) is 7.77. The lowest BCUT2D eigenvalue weighted by atomic mass is 10.0. The van der Waals surface area contributed by atoms with Gasteiger partial charge < -0.3 is 4.74 Å². The Balaban J connectivity index is 2.17. The summed E-state index contributed by atoms with van der Waals surface area (Å²) < 4.78 is 5.19. The largest absolute Gasteiger partial charge is 0.495 e. The Hall–Kier alpha value is -3.23. The first-order chi connectivity index (χ1) is 12.7. The van der Waals surface area contributed by atoms with Gasteiger partial charge in [0.1, 0.15) is 11.8 Å². The van der Waals surface area contributed by atoms with Crippen LogP contribution in [-0.2, 0) is 4.79 Å². The summed E-state index contributed by atoms with van der Waals surface area (Å²) in [6.45, 7) is 0. The maximum Gasteiger partial charge on any atom is 0.303 e. The van der Waals surface area contributed by atoms with Gasteiger partial charge in [-0.15, -0.1) is 6.42 Å². The lowest BCUT2D eigenvalue weighted by Crippen LogP contribution is -2.35. The molecule has 0 radical (unpaired) electrons. The van der Waals surface area contributed by atoms with Crippen molar-refractivity contribution < 1.29 is 9.53 Å². The molecule has 0 aliphatic carbocycles. The molecule has 1 atom stereocenters. The molecule has 26 heavy (non-hydrogen) atoms. The third-order valence-corrected chi connectivity index (χ3v) is 4.24. The van der Waals surface area contributed by atoms with Crippen LogP contribution < -0.4 is 9.64 Å². The fraction of sp³-hybridized carbons (Fsp3) is 0.100. The van der Waals surface area contributed by atoms with Gasteiger partial charge in [0.25, 0.3) is 0 Å². The Bertz CT molecular complexity index is 933. The first-order valence-electron chi connectivity index (χ1n) is 7.83. The SMILES string of the molecule is C#CC(=O)N(c1ccc(OC)c(Cl)c1)C(c1ccccc1)c1ccn[nH]1. The molecular formula is C20H16ClN3O2. The van der Waals surface area contributed by atoms with E-state index in [2.05, 4.69) is 16.1 Å². The van der Waals surface area contributed by atoms with Gasteiger partial charge >= 0.3 is 5.91 Å². The highest BCUT2D eigenvalue weighted by molar-refractivity contribution is 6.32. The summed E-state index contributed by atoms with van der Waals surface area (Å²) in [5.41, 5.74) is 2.17. The van der Waals surface area contributed by atoms with Crippen molar-refractivity contribution in [1.29, 1.82) is 0 Å². The number of hydrogen-bond acceptors (Lipinski definition) is 3. The van der Waals surface area contributed by atoms with Crippen molar-refractivity contribution in [2.24, 2.45) is 0 Å².